The zero-order valence-corrected chi connectivity index (χ0v) is 7.86. The van der Waals surface area contributed by atoms with Crippen LogP contribution in [0.15, 0.2) is 29.4 Å². The molecule has 3 heteroatoms. The summed E-state index contributed by atoms with van der Waals surface area (Å²) >= 11 is 5.20. The van der Waals surface area contributed by atoms with Crippen LogP contribution in [0.2, 0.25) is 0 Å². The highest BCUT2D eigenvalue weighted by Gasteiger charge is 1.88. The Kier molecular flexibility index (Phi) is 3.83. The fourth-order valence-electron chi connectivity index (χ4n) is 0.591. The third-order valence-corrected chi connectivity index (χ3v) is 2.93. The molecule has 0 bridgehead atoms. The summed E-state index contributed by atoms with van der Waals surface area (Å²) in [5.41, 5.74) is 0. The van der Waals surface area contributed by atoms with Crippen LogP contribution in [0.25, 0.3) is 0 Å². The van der Waals surface area contributed by atoms with E-state index in [9.17, 15) is 0 Å². The Morgan fingerprint density at radius 2 is 2.10 bits per heavy atom. The molecule has 0 radical (unpaired) electrons. The second-order valence-corrected chi connectivity index (χ2v) is 3.68. The topological polar surface area (TPSA) is 12.9 Å². The molecular formula is C7H8BrNS. The summed E-state index contributed by atoms with van der Waals surface area (Å²) in [6.45, 7) is 0. The molecule has 0 fully saturated rings. The van der Waals surface area contributed by atoms with E-state index in [0.717, 1.165) is 11.1 Å². The second kappa shape index (κ2) is 4.74. The second-order valence-electron chi connectivity index (χ2n) is 1.72. The third kappa shape index (κ3) is 2.71. The van der Waals surface area contributed by atoms with Crippen LogP contribution in [0.3, 0.4) is 0 Å². The Balaban J connectivity index is 2.43. The van der Waals surface area contributed by atoms with Crippen molar-refractivity contribution in [2.24, 2.45) is 0 Å². The molecule has 0 aliphatic carbocycles. The summed E-state index contributed by atoms with van der Waals surface area (Å²) < 4.78 is 0. The normalized spacial score (nSPS) is 9.70. The minimum atomic E-state index is 1.04. The summed E-state index contributed by atoms with van der Waals surface area (Å²) in [6.07, 6.45) is 3.63. The summed E-state index contributed by atoms with van der Waals surface area (Å²) in [6, 6.07) is 4.04. The number of halogens is 1. The van der Waals surface area contributed by atoms with Crippen molar-refractivity contribution in [2.45, 2.75) is 4.90 Å². The molecule has 1 aromatic heterocycles. The van der Waals surface area contributed by atoms with Gasteiger partial charge < -0.3 is 0 Å². The van der Waals surface area contributed by atoms with Crippen LogP contribution in [0.5, 0.6) is 0 Å². The van der Waals surface area contributed by atoms with Crippen LogP contribution in [0.1, 0.15) is 0 Å². The lowest BCUT2D eigenvalue weighted by molar-refractivity contribution is 1.26. The van der Waals surface area contributed by atoms with Crippen molar-refractivity contribution in [1.29, 1.82) is 0 Å². The molecule has 1 nitrogen and oxygen atoms in total. The van der Waals surface area contributed by atoms with Gasteiger partial charge in [0.25, 0.3) is 0 Å². The molecule has 1 heterocycles. The van der Waals surface area contributed by atoms with Crippen LogP contribution in [-0.2, 0) is 0 Å². The number of aromatic nitrogens is 1. The lowest BCUT2D eigenvalue weighted by atomic mass is 10.5. The Labute approximate surface area is 73.4 Å². The fourth-order valence-corrected chi connectivity index (χ4v) is 1.70. The molecule has 0 aromatic carbocycles. The molecule has 54 valence electrons. The Morgan fingerprint density at radius 3 is 2.70 bits per heavy atom. The Morgan fingerprint density at radius 1 is 1.40 bits per heavy atom. The van der Waals surface area contributed by atoms with Crippen LogP contribution in [-0.4, -0.2) is 16.1 Å². The SMILES string of the molecule is BrCCSc1ccncc1. The predicted octanol–water partition coefficient (Wildman–Crippen LogP) is 2.57. The van der Waals surface area contributed by atoms with E-state index in [1.165, 1.54) is 4.90 Å². The van der Waals surface area contributed by atoms with Crippen LogP contribution in [0.4, 0.5) is 0 Å². The molecule has 0 aliphatic rings. The van der Waals surface area contributed by atoms with Gasteiger partial charge in [0.2, 0.25) is 0 Å². The fraction of sp³-hybridized carbons (Fsp3) is 0.286. The number of alkyl halides is 1. The van der Waals surface area contributed by atoms with Crippen molar-refractivity contribution >= 4 is 27.7 Å². The minimum absolute atomic E-state index is 1.04. The smallest absolute Gasteiger partial charge is 0.0278 e. The van der Waals surface area contributed by atoms with Crippen molar-refractivity contribution in [3.8, 4) is 0 Å². The first-order valence-electron chi connectivity index (χ1n) is 3.02. The number of hydrogen-bond donors (Lipinski definition) is 0. The molecule has 0 amide bonds. The molecule has 0 N–H and O–H groups in total. The number of thioether (sulfide) groups is 1. The highest BCUT2D eigenvalue weighted by molar-refractivity contribution is 9.09. The van der Waals surface area contributed by atoms with E-state index in [4.69, 9.17) is 0 Å². The summed E-state index contributed by atoms with van der Waals surface area (Å²) in [5, 5.41) is 1.04. The molecule has 10 heavy (non-hydrogen) atoms. The van der Waals surface area contributed by atoms with E-state index in [1.54, 1.807) is 0 Å². The number of pyridine rings is 1. The lowest BCUT2D eigenvalue weighted by Crippen LogP contribution is -1.78. The molecule has 0 saturated heterocycles. The lowest BCUT2D eigenvalue weighted by Gasteiger charge is -1.95. The average Bonchev–Trinajstić information content (AvgIpc) is 2.03. The summed E-state index contributed by atoms with van der Waals surface area (Å²) in [4.78, 5) is 5.21. The molecule has 1 rings (SSSR count). The van der Waals surface area contributed by atoms with Gasteiger partial charge in [0.05, 0.1) is 0 Å². The molecule has 1 aromatic rings. The number of nitrogens with zero attached hydrogens (tertiary/aromatic N) is 1. The van der Waals surface area contributed by atoms with Crippen LogP contribution in [0, 0.1) is 0 Å². The van der Waals surface area contributed by atoms with Gasteiger partial charge in [-0.25, -0.2) is 0 Å². The van der Waals surface area contributed by atoms with Gasteiger partial charge in [-0.3, -0.25) is 4.98 Å². The van der Waals surface area contributed by atoms with Crippen molar-refractivity contribution < 1.29 is 0 Å². The highest BCUT2D eigenvalue weighted by Crippen LogP contribution is 2.15. The van der Waals surface area contributed by atoms with Gasteiger partial charge in [-0.05, 0) is 12.1 Å². The quantitative estimate of drug-likeness (QED) is 0.571. The van der Waals surface area contributed by atoms with E-state index in [1.807, 2.05) is 36.3 Å². The van der Waals surface area contributed by atoms with Gasteiger partial charge in [-0.15, -0.1) is 11.8 Å². The van der Waals surface area contributed by atoms with Crippen molar-refractivity contribution in [2.75, 3.05) is 11.1 Å². The van der Waals surface area contributed by atoms with E-state index in [0.29, 0.717) is 0 Å². The van der Waals surface area contributed by atoms with Crippen LogP contribution < -0.4 is 0 Å². The van der Waals surface area contributed by atoms with E-state index >= 15 is 0 Å². The predicted molar refractivity (Wildman–Crippen MR) is 48.8 cm³/mol. The van der Waals surface area contributed by atoms with Gasteiger partial charge in [-0.1, -0.05) is 15.9 Å². The van der Waals surface area contributed by atoms with Crippen molar-refractivity contribution in [3.05, 3.63) is 24.5 Å². The highest BCUT2D eigenvalue weighted by atomic mass is 79.9. The largest absolute Gasteiger partial charge is 0.265 e. The zero-order valence-electron chi connectivity index (χ0n) is 5.46. The van der Waals surface area contributed by atoms with Crippen LogP contribution >= 0.6 is 27.7 Å². The maximum atomic E-state index is 3.93. The average molecular weight is 218 g/mol. The van der Waals surface area contributed by atoms with E-state index in [-0.39, 0.29) is 0 Å². The number of rotatable bonds is 3. The summed E-state index contributed by atoms with van der Waals surface area (Å²) in [7, 11) is 0. The van der Waals surface area contributed by atoms with Crippen molar-refractivity contribution in [1.82, 2.24) is 4.98 Å². The third-order valence-electron chi connectivity index (χ3n) is 0.996. The summed E-state index contributed by atoms with van der Waals surface area (Å²) in [5.74, 6) is 1.12. The number of hydrogen-bond acceptors (Lipinski definition) is 2. The van der Waals surface area contributed by atoms with Gasteiger partial charge in [0, 0.05) is 28.4 Å². The van der Waals surface area contributed by atoms with Crippen molar-refractivity contribution in [3.63, 3.8) is 0 Å². The molecule has 0 spiro atoms. The maximum Gasteiger partial charge on any atom is 0.0278 e. The maximum absolute atomic E-state index is 3.93. The zero-order chi connectivity index (χ0) is 7.23. The molecular weight excluding hydrogens is 210 g/mol. The first kappa shape index (κ1) is 8.08. The molecule has 0 aliphatic heterocycles. The van der Waals surface area contributed by atoms with E-state index < -0.39 is 0 Å². The first-order chi connectivity index (χ1) is 4.93. The Bertz CT molecular complexity index is 178. The Hall–Kier alpha value is -0.0200. The minimum Gasteiger partial charge on any atom is -0.265 e. The van der Waals surface area contributed by atoms with Gasteiger partial charge in [0.1, 0.15) is 0 Å². The molecule has 0 unspecified atom stereocenters. The van der Waals surface area contributed by atoms with E-state index in [2.05, 4.69) is 20.9 Å². The molecule has 0 saturated carbocycles. The standard InChI is InChI=1S/C7H8BrNS/c8-3-6-10-7-1-4-9-5-2-7/h1-2,4-5H,3,6H2. The molecule has 0 atom stereocenters. The van der Waals surface area contributed by atoms with Gasteiger partial charge in [0.15, 0.2) is 0 Å². The first-order valence-corrected chi connectivity index (χ1v) is 5.13. The van der Waals surface area contributed by atoms with Gasteiger partial charge in [-0.2, -0.15) is 0 Å². The monoisotopic (exact) mass is 217 g/mol. The van der Waals surface area contributed by atoms with Gasteiger partial charge >= 0.3 is 0 Å².